The molecule has 0 aliphatic carbocycles. The summed E-state index contributed by atoms with van der Waals surface area (Å²) in [5.74, 6) is -0.306. The van der Waals surface area contributed by atoms with E-state index in [9.17, 15) is 10.0 Å². The van der Waals surface area contributed by atoms with E-state index in [1.807, 2.05) is 0 Å². The smallest absolute Gasteiger partial charge is 0.262 e. The molecule has 16 heavy (non-hydrogen) atoms. The molecule has 1 N–H and O–H groups in total. The van der Waals surface area contributed by atoms with E-state index in [1.54, 1.807) is 43.1 Å². The predicted molar refractivity (Wildman–Crippen MR) is 60.1 cm³/mol. The van der Waals surface area contributed by atoms with Crippen molar-refractivity contribution in [3.63, 3.8) is 0 Å². The average molecular weight is 241 g/mol. The third kappa shape index (κ3) is 1.50. The van der Waals surface area contributed by atoms with Crippen molar-refractivity contribution in [1.29, 1.82) is 0 Å². The minimum atomic E-state index is -0.818. The van der Waals surface area contributed by atoms with Crippen LogP contribution in [0.3, 0.4) is 0 Å². The Morgan fingerprint density at radius 2 is 1.94 bits per heavy atom. The zero-order valence-corrected chi connectivity index (χ0v) is 9.90. The molecule has 0 unspecified atom stereocenters. The maximum Gasteiger partial charge on any atom is 0.262 e. The van der Waals surface area contributed by atoms with Crippen LogP contribution in [-0.4, -0.2) is 34.7 Å². The molecule has 1 aromatic carbocycles. The maximum absolute atomic E-state index is 11.4. The largest absolute Gasteiger partial charge is 0.284 e. The number of hydroxylamine groups is 2. The van der Waals surface area contributed by atoms with Crippen LogP contribution in [0.4, 0.5) is 0 Å². The molecule has 1 heterocycles. The van der Waals surface area contributed by atoms with Gasteiger partial charge < -0.3 is 0 Å². The van der Waals surface area contributed by atoms with Crippen LogP contribution in [0.1, 0.15) is 12.5 Å². The number of likely N-dealkylation sites (N-methyl/N-ethyl adjacent to an activating group) is 1. The van der Waals surface area contributed by atoms with E-state index in [0.29, 0.717) is 5.02 Å². The van der Waals surface area contributed by atoms with Crippen LogP contribution in [0.25, 0.3) is 0 Å². The Morgan fingerprint density at radius 3 is 2.38 bits per heavy atom. The van der Waals surface area contributed by atoms with E-state index >= 15 is 0 Å². The zero-order chi connectivity index (χ0) is 11.9. The molecule has 1 amide bonds. The van der Waals surface area contributed by atoms with E-state index in [-0.39, 0.29) is 12.5 Å². The summed E-state index contributed by atoms with van der Waals surface area (Å²) in [6.07, 6.45) is 0. The lowest BCUT2D eigenvalue weighted by atomic mass is 10.0. The first kappa shape index (κ1) is 11.4. The molecule has 0 bridgehead atoms. The van der Waals surface area contributed by atoms with Gasteiger partial charge in [0.25, 0.3) is 5.91 Å². The van der Waals surface area contributed by atoms with Crippen molar-refractivity contribution in [3.8, 4) is 0 Å². The highest BCUT2D eigenvalue weighted by Gasteiger charge is 2.47. The van der Waals surface area contributed by atoms with Gasteiger partial charge in [-0.15, -0.1) is 0 Å². The second-order valence-electron chi connectivity index (χ2n) is 4.09. The monoisotopic (exact) mass is 240 g/mol. The lowest BCUT2D eigenvalue weighted by molar-refractivity contribution is -0.192. The number of carbonyl (C=O) groups is 1. The van der Waals surface area contributed by atoms with Crippen molar-refractivity contribution < 1.29 is 10.0 Å². The highest BCUT2D eigenvalue weighted by molar-refractivity contribution is 6.30. The van der Waals surface area contributed by atoms with Crippen LogP contribution in [0.5, 0.6) is 0 Å². The van der Waals surface area contributed by atoms with Gasteiger partial charge >= 0.3 is 0 Å². The molecule has 1 aliphatic rings. The van der Waals surface area contributed by atoms with Crippen molar-refractivity contribution >= 4 is 17.5 Å². The molecular formula is C11H13ClN2O2. The molecule has 0 spiro atoms. The van der Waals surface area contributed by atoms with Gasteiger partial charge in [0, 0.05) is 5.02 Å². The van der Waals surface area contributed by atoms with Crippen molar-refractivity contribution in [2.24, 2.45) is 0 Å². The van der Waals surface area contributed by atoms with Crippen molar-refractivity contribution in [2.45, 2.75) is 12.6 Å². The molecule has 1 fully saturated rings. The van der Waals surface area contributed by atoms with Crippen LogP contribution < -0.4 is 0 Å². The molecule has 4 nitrogen and oxygen atoms in total. The van der Waals surface area contributed by atoms with Crippen LogP contribution in [0.2, 0.25) is 5.02 Å². The standard InChI is InChI=1S/C11H13ClN2O2/c1-11(8-3-5-9(12)6-4-8)13(2)7-10(15)14(11)16/h3-6,16H,7H2,1-2H3/t11-/m0/s1. The summed E-state index contributed by atoms with van der Waals surface area (Å²) >= 11 is 5.81. The van der Waals surface area contributed by atoms with Gasteiger partial charge in [-0.1, -0.05) is 23.7 Å². The molecule has 0 saturated carbocycles. The quantitative estimate of drug-likeness (QED) is 0.760. The Morgan fingerprint density at radius 1 is 1.38 bits per heavy atom. The number of hydrogen-bond acceptors (Lipinski definition) is 3. The summed E-state index contributed by atoms with van der Waals surface area (Å²) in [6.45, 7) is 2.00. The first-order valence-electron chi connectivity index (χ1n) is 4.95. The molecule has 0 aromatic heterocycles. The third-order valence-electron chi connectivity index (χ3n) is 3.16. The lowest BCUT2D eigenvalue weighted by Gasteiger charge is -2.35. The van der Waals surface area contributed by atoms with Crippen molar-refractivity contribution in [3.05, 3.63) is 34.9 Å². The summed E-state index contributed by atoms with van der Waals surface area (Å²) in [4.78, 5) is 13.2. The Kier molecular flexibility index (Phi) is 2.66. The van der Waals surface area contributed by atoms with E-state index in [0.717, 1.165) is 10.6 Å². The van der Waals surface area contributed by atoms with Crippen molar-refractivity contribution in [1.82, 2.24) is 9.96 Å². The van der Waals surface area contributed by atoms with E-state index < -0.39 is 5.66 Å². The molecule has 1 aromatic rings. The van der Waals surface area contributed by atoms with Gasteiger partial charge in [-0.3, -0.25) is 14.9 Å². The van der Waals surface area contributed by atoms with Gasteiger partial charge in [0.2, 0.25) is 0 Å². The van der Waals surface area contributed by atoms with Gasteiger partial charge in [0.15, 0.2) is 0 Å². The number of carbonyl (C=O) groups excluding carboxylic acids is 1. The summed E-state index contributed by atoms with van der Waals surface area (Å²) in [7, 11) is 1.79. The van der Waals surface area contributed by atoms with Crippen LogP contribution in [-0.2, 0) is 10.5 Å². The fourth-order valence-electron chi connectivity index (χ4n) is 1.94. The van der Waals surface area contributed by atoms with E-state index in [2.05, 4.69) is 0 Å². The van der Waals surface area contributed by atoms with Gasteiger partial charge in [-0.05, 0) is 31.7 Å². The first-order valence-corrected chi connectivity index (χ1v) is 5.33. The van der Waals surface area contributed by atoms with E-state index in [1.165, 1.54) is 0 Å². The number of nitrogens with zero attached hydrogens (tertiary/aromatic N) is 2. The molecule has 5 heteroatoms. The number of hydrogen-bond donors (Lipinski definition) is 1. The number of rotatable bonds is 1. The molecule has 2 rings (SSSR count). The lowest BCUT2D eigenvalue weighted by Crippen LogP contribution is -2.45. The highest BCUT2D eigenvalue weighted by atomic mass is 35.5. The maximum atomic E-state index is 11.4. The minimum absolute atomic E-state index is 0.204. The topological polar surface area (TPSA) is 43.8 Å². The van der Waals surface area contributed by atoms with Gasteiger partial charge in [-0.2, -0.15) is 5.06 Å². The first-order chi connectivity index (χ1) is 7.46. The Hall–Kier alpha value is -1.10. The summed E-state index contributed by atoms with van der Waals surface area (Å²) in [6, 6.07) is 7.10. The Bertz CT molecular complexity index is 420. The average Bonchev–Trinajstić information content (AvgIpc) is 2.45. The molecule has 0 radical (unpaired) electrons. The summed E-state index contributed by atoms with van der Waals surface area (Å²) in [5, 5.41) is 11.2. The molecule has 86 valence electrons. The highest BCUT2D eigenvalue weighted by Crippen LogP contribution is 2.34. The summed E-state index contributed by atoms with van der Waals surface area (Å²) < 4.78 is 0. The van der Waals surface area contributed by atoms with Crippen molar-refractivity contribution in [2.75, 3.05) is 13.6 Å². The molecular weight excluding hydrogens is 228 g/mol. The van der Waals surface area contributed by atoms with Gasteiger partial charge in [0.1, 0.15) is 5.66 Å². The second-order valence-corrected chi connectivity index (χ2v) is 4.53. The number of benzene rings is 1. The van der Waals surface area contributed by atoms with Crippen LogP contribution >= 0.6 is 11.6 Å². The fraction of sp³-hybridized carbons (Fsp3) is 0.364. The van der Waals surface area contributed by atoms with Gasteiger partial charge in [0.05, 0.1) is 6.54 Å². The normalized spacial score (nSPS) is 26.5. The Labute approximate surface area is 99.0 Å². The van der Waals surface area contributed by atoms with E-state index in [4.69, 9.17) is 11.6 Å². The third-order valence-corrected chi connectivity index (χ3v) is 3.41. The molecule has 1 atom stereocenters. The minimum Gasteiger partial charge on any atom is -0.284 e. The SMILES string of the molecule is CN1CC(=O)N(O)[C@@]1(C)c1ccc(Cl)cc1. The molecule has 1 aliphatic heterocycles. The van der Waals surface area contributed by atoms with Crippen LogP contribution in [0.15, 0.2) is 24.3 Å². The predicted octanol–water partition coefficient (Wildman–Crippen LogP) is 1.68. The van der Waals surface area contributed by atoms with Gasteiger partial charge in [-0.25, -0.2) is 0 Å². The number of amides is 1. The second kappa shape index (κ2) is 3.73. The van der Waals surface area contributed by atoms with Crippen LogP contribution in [0, 0.1) is 0 Å². The fourth-order valence-corrected chi connectivity index (χ4v) is 2.06. The zero-order valence-electron chi connectivity index (χ0n) is 9.14. The summed E-state index contributed by atoms with van der Waals surface area (Å²) in [5.41, 5.74) is 0.00883. The molecule has 1 saturated heterocycles. The number of halogens is 1. The Balaban J connectivity index is 2.45.